The normalized spacial score (nSPS) is 11.7. The highest BCUT2D eigenvalue weighted by Gasteiger charge is 2.35. The van der Waals surface area contributed by atoms with Crippen molar-refractivity contribution in [1.82, 2.24) is 0 Å². The Morgan fingerprint density at radius 2 is 1.71 bits per heavy atom. The van der Waals surface area contributed by atoms with Crippen LogP contribution in [0.3, 0.4) is 0 Å². The molecule has 0 fully saturated rings. The van der Waals surface area contributed by atoms with Crippen molar-refractivity contribution in [2.45, 2.75) is 24.9 Å². The van der Waals surface area contributed by atoms with Crippen LogP contribution in [0.4, 0.5) is 24.5 Å². The first kappa shape index (κ1) is 26.4. The van der Waals surface area contributed by atoms with E-state index in [1.165, 1.54) is 31.4 Å². The topological polar surface area (TPSA) is 75.7 Å². The van der Waals surface area contributed by atoms with E-state index in [1.807, 2.05) is 0 Å². The monoisotopic (exact) mass is 526 g/mol. The van der Waals surface area contributed by atoms with Gasteiger partial charge in [-0.3, -0.25) is 9.10 Å². The second kappa shape index (κ2) is 10.2. The lowest BCUT2D eigenvalue weighted by Gasteiger charge is -2.25. The number of carbonyl (C=O) groups excluding carboxylic acids is 1. The average Bonchev–Trinajstić information content (AvgIpc) is 2.78. The molecule has 35 heavy (non-hydrogen) atoms. The summed E-state index contributed by atoms with van der Waals surface area (Å²) >= 11 is 5.70. The number of anilines is 2. The smallest absolute Gasteiger partial charge is 0.418 e. The van der Waals surface area contributed by atoms with Crippen molar-refractivity contribution in [1.29, 1.82) is 0 Å². The lowest BCUT2D eigenvalue weighted by Crippen LogP contribution is -2.38. The van der Waals surface area contributed by atoms with Crippen LogP contribution in [0.2, 0.25) is 5.02 Å². The Labute approximate surface area is 206 Å². The van der Waals surface area contributed by atoms with Gasteiger partial charge in [0.15, 0.2) is 0 Å². The molecule has 3 rings (SSSR count). The van der Waals surface area contributed by atoms with Crippen LogP contribution in [0.1, 0.15) is 16.7 Å². The molecule has 0 aliphatic rings. The molecule has 0 heterocycles. The number of carbonyl (C=O) groups is 1. The van der Waals surface area contributed by atoms with Crippen LogP contribution in [0.25, 0.3) is 0 Å². The molecule has 0 aliphatic carbocycles. The number of alkyl halides is 3. The maximum absolute atomic E-state index is 13.7. The van der Waals surface area contributed by atoms with Gasteiger partial charge in [0.05, 0.1) is 24.0 Å². The van der Waals surface area contributed by atoms with Gasteiger partial charge in [-0.2, -0.15) is 13.2 Å². The molecule has 0 atom stereocenters. The summed E-state index contributed by atoms with van der Waals surface area (Å²) in [6, 6.07) is 13.8. The number of methoxy groups -OCH3 is 1. The standard InChI is InChI=1S/C24H22ClF3N2O4S/c1-15-5-4-6-18(11-15)30(35(32,33)22-12-16(2)7-10-21(22)34-3)14-23(31)29-20-9-8-17(25)13-19(20)24(26,27)28/h4-13H,14H2,1-3H3,(H,29,31). The van der Waals surface area contributed by atoms with Crippen molar-refractivity contribution in [2.24, 2.45) is 0 Å². The van der Waals surface area contributed by atoms with Gasteiger partial charge in [0.2, 0.25) is 5.91 Å². The quantitative estimate of drug-likeness (QED) is 0.421. The third-order valence-electron chi connectivity index (χ3n) is 5.03. The molecule has 0 aliphatic heterocycles. The van der Waals surface area contributed by atoms with Crippen molar-refractivity contribution >= 4 is 38.9 Å². The number of rotatable bonds is 7. The van der Waals surface area contributed by atoms with Gasteiger partial charge < -0.3 is 10.1 Å². The summed E-state index contributed by atoms with van der Waals surface area (Å²) in [5.74, 6) is -0.916. The summed E-state index contributed by atoms with van der Waals surface area (Å²) in [5.41, 5.74) is -0.175. The number of sulfonamides is 1. The maximum Gasteiger partial charge on any atom is 0.418 e. The van der Waals surface area contributed by atoms with Crippen LogP contribution in [-0.4, -0.2) is 28.0 Å². The molecule has 0 bridgehead atoms. The van der Waals surface area contributed by atoms with Gasteiger partial charge in [-0.1, -0.05) is 29.8 Å². The second-order valence-corrected chi connectivity index (χ2v) is 10.0. The summed E-state index contributed by atoms with van der Waals surface area (Å²) in [6.45, 7) is 2.65. The lowest BCUT2D eigenvalue weighted by molar-refractivity contribution is -0.137. The predicted octanol–water partition coefficient (Wildman–Crippen LogP) is 5.82. The van der Waals surface area contributed by atoms with Crippen molar-refractivity contribution < 1.29 is 31.1 Å². The zero-order chi connectivity index (χ0) is 26.0. The summed E-state index contributed by atoms with van der Waals surface area (Å²) in [4.78, 5) is 12.7. The largest absolute Gasteiger partial charge is 0.495 e. The molecule has 0 spiro atoms. The molecule has 186 valence electrons. The number of aryl methyl sites for hydroxylation is 2. The minimum absolute atomic E-state index is 0.0609. The molecule has 1 amide bonds. The first-order chi connectivity index (χ1) is 16.3. The number of nitrogens with zero attached hydrogens (tertiary/aromatic N) is 1. The van der Waals surface area contributed by atoms with Crippen LogP contribution in [0.5, 0.6) is 5.75 Å². The number of ether oxygens (including phenoxy) is 1. The number of hydrogen-bond donors (Lipinski definition) is 1. The summed E-state index contributed by atoms with van der Waals surface area (Å²) in [5, 5.41) is 2.01. The van der Waals surface area contributed by atoms with Crippen molar-refractivity contribution in [3.05, 3.63) is 82.4 Å². The second-order valence-electron chi connectivity index (χ2n) is 7.74. The van der Waals surface area contributed by atoms with Crippen LogP contribution >= 0.6 is 11.6 Å². The Bertz CT molecular complexity index is 1360. The molecule has 6 nitrogen and oxygen atoms in total. The minimum atomic E-state index is -4.79. The van der Waals surface area contributed by atoms with Crippen LogP contribution in [-0.2, 0) is 21.0 Å². The molecule has 3 aromatic rings. The van der Waals surface area contributed by atoms with Crippen LogP contribution < -0.4 is 14.4 Å². The Balaban J connectivity index is 2.05. The molecule has 3 aromatic carbocycles. The summed E-state index contributed by atoms with van der Waals surface area (Å²) < 4.78 is 73.8. The fraction of sp³-hybridized carbons (Fsp3) is 0.208. The van der Waals surface area contributed by atoms with E-state index in [1.54, 1.807) is 38.1 Å². The number of hydrogen-bond acceptors (Lipinski definition) is 4. The summed E-state index contributed by atoms with van der Waals surface area (Å²) in [7, 11) is -3.05. The van der Waals surface area contributed by atoms with Gasteiger partial charge in [0.25, 0.3) is 10.0 Å². The Hall–Kier alpha value is -3.24. The number of amides is 1. The minimum Gasteiger partial charge on any atom is -0.495 e. The molecular formula is C24H22ClF3N2O4S. The van der Waals surface area contributed by atoms with Crippen LogP contribution in [0.15, 0.2) is 65.6 Å². The van der Waals surface area contributed by atoms with Gasteiger partial charge in [0.1, 0.15) is 17.2 Å². The Morgan fingerprint density at radius 1 is 1.03 bits per heavy atom. The summed E-state index contributed by atoms with van der Waals surface area (Å²) in [6.07, 6.45) is -4.79. The molecule has 0 radical (unpaired) electrons. The highest BCUT2D eigenvalue weighted by Crippen LogP contribution is 2.37. The van der Waals surface area contributed by atoms with Gasteiger partial charge in [-0.25, -0.2) is 8.42 Å². The van der Waals surface area contributed by atoms with Gasteiger partial charge in [0, 0.05) is 5.02 Å². The third kappa shape index (κ3) is 6.07. The first-order valence-electron chi connectivity index (χ1n) is 10.2. The van der Waals surface area contributed by atoms with E-state index in [-0.39, 0.29) is 21.4 Å². The fourth-order valence-corrected chi connectivity index (χ4v) is 5.21. The van der Waals surface area contributed by atoms with E-state index in [0.717, 1.165) is 15.9 Å². The number of benzene rings is 3. The van der Waals surface area contributed by atoms with E-state index >= 15 is 0 Å². The van der Waals surface area contributed by atoms with Crippen molar-refractivity contribution in [2.75, 3.05) is 23.3 Å². The molecule has 0 saturated heterocycles. The van der Waals surface area contributed by atoms with E-state index in [9.17, 15) is 26.4 Å². The molecule has 11 heteroatoms. The lowest BCUT2D eigenvalue weighted by atomic mass is 10.1. The third-order valence-corrected chi connectivity index (χ3v) is 7.06. The number of nitrogens with one attached hydrogen (secondary N) is 1. The zero-order valence-electron chi connectivity index (χ0n) is 19.0. The van der Waals surface area contributed by atoms with E-state index in [2.05, 4.69) is 5.32 Å². The molecule has 0 aromatic heterocycles. The SMILES string of the molecule is COc1ccc(C)cc1S(=O)(=O)N(CC(=O)Nc1ccc(Cl)cc1C(F)(F)F)c1cccc(C)c1. The van der Waals surface area contributed by atoms with Crippen molar-refractivity contribution in [3.63, 3.8) is 0 Å². The van der Waals surface area contributed by atoms with Gasteiger partial charge in [-0.05, 0) is 67.4 Å². The van der Waals surface area contributed by atoms with Gasteiger partial charge in [-0.15, -0.1) is 0 Å². The van der Waals surface area contributed by atoms with Gasteiger partial charge >= 0.3 is 6.18 Å². The maximum atomic E-state index is 13.7. The Morgan fingerprint density at radius 3 is 2.34 bits per heavy atom. The average molecular weight is 527 g/mol. The van der Waals surface area contributed by atoms with Crippen molar-refractivity contribution in [3.8, 4) is 5.75 Å². The van der Waals surface area contributed by atoms with E-state index in [0.29, 0.717) is 11.6 Å². The molecular weight excluding hydrogens is 505 g/mol. The molecule has 0 saturated carbocycles. The fourth-order valence-electron chi connectivity index (χ4n) is 3.38. The molecule has 1 N–H and O–H groups in total. The predicted molar refractivity (Wildman–Crippen MR) is 129 cm³/mol. The zero-order valence-corrected chi connectivity index (χ0v) is 20.6. The Kier molecular flexibility index (Phi) is 7.66. The van der Waals surface area contributed by atoms with Crippen LogP contribution in [0, 0.1) is 13.8 Å². The highest BCUT2D eigenvalue weighted by molar-refractivity contribution is 7.93. The van der Waals surface area contributed by atoms with E-state index in [4.69, 9.17) is 16.3 Å². The first-order valence-corrected chi connectivity index (χ1v) is 12.1. The number of halogens is 4. The van der Waals surface area contributed by atoms with E-state index < -0.39 is 39.9 Å². The highest BCUT2D eigenvalue weighted by atomic mass is 35.5. The molecule has 0 unspecified atom stereocenters.